The monoisotopic (exact) mass is 232 g/mol. The molecule has 0 amide bonds. The first kappa shape index (κ1) is 4.37. The van der Waals surface area contributed by atoms with Crippen LogP contribution in [0.25, 0.3) is 5.13 Å². The molecule has 11 heavy (non-hydrogen) atoms. The fourth-order valence-corrected chi connectivity index (χ4v) is 1.71. The zero-order valence-electron chi connectivity index (χ0n) is 8.21. The van der Waals surface area contributed by atoms with E-state index in [4.69, 9.17) is 4.11 Å². The van der Waals surface area contributed by atoms with E-state index in [1.54, 1.807) is 6.20 Å². The van der Waals surface area contributed by atoms with E-state index in [2.05, 4.69) is 26.0 Å². The SMILES string of the molecule is [2H]c1nn(-c2ncc(Br)s2)c([2H])c1[2H]. The lowest BCUT2D eigenvalue weighted by Gasteiger charge is -1.89. The Labute approximate surface area is 80.0 Å². The van der Waals surface area contributed by atoms with Crippen LogP contribution in [0.4, 0.5) is 0 Å². The van der Waals surface area contributed by atoms with Crippen LogP contribution in [0.2, 0.25) is 0 Å². The van der Waals surface area contributed by atoms with E-state index in [0.717, 1.165) is 3.79 Å². The highest BCUT2D eigenvalue weighted by atomic mass is 79.9. The number of halogens is 1. The lowest BCUT2D eigenvalue weighted by Crippen LogP contribution is -1.91. The molecule has 5 heteroatoms. The molecule has 2 aromatic rings. The van der Waals surface area contributed by atoms with Gasteiger partial charge in [0.15, 0.2) is 0 Å². The Bertz CT molecular complexity index is 481. The van der Waals surface area contributed by atoms with Crippen LogP contribution in [-0.4, -0.2) is 14.8 Å². The van der Waals surface area contributed by atoms with Gasteiger partial charge in [-0.05, 0) is 22.0 Å². The maximum Gasteiger partial charge on any atom is 0.211 e. The highest BCUT2D eigenvalue weighted by molar-refractivity contribution is 9.11. The largest absolute Gasteiger partial charge is 0.226 e. The van der Waals surface area contributed by atoms with Crippen molar-refractivity contribution in [3.63, 3.8) is 0 Å². The average Bonchev–Trinajstić information content (AvgIpc) is 2.66. The molecule has 0 aromatic carbocycles. The molecule has 2 aromatic heterocycles. The van der Waals surface area contributed by atoms with Crippen molar-refractivity contribution in [3.8, 4) is 5.13 Å². The van der Waals surface area contributed by atoms with Gasteiger partial charge in [0.2, 0.25) is 5.13 Å². The van der Waals surface area contributed by atoms with Crippen molar-refractivity contribution in [2.75, 3.05) is 0 Å². The van der Waals surface area contributed by atoms with E-state index in [1.165, 1.54) is 16.0 Å². The Balaban J connectivity index is 2.57. The first-order valence-electron chi connectivity index (χ1n) is 4.24. The van der Waals surface area contributed by atoms with Gasteiger partial charge in [-0.2, -0.15) is 5.10 Å². The van der Waals surface area contributed by atoms with Crippen LogP contribution in [0.1, 0.15) is 4.11 Å². The summed E-state index contributed by atoms with van der Waals surface area (Å²) in [5.41, 5.74) is 0. The molecule has 56 valence electrons. The highest BCUT2D eigenvalue weighted by Crippen LogP contribution is 2.21. The van der Waals surface area contributed by atoms with Gasteiger partial charge in [0, 0.05) is 12.3 Å². The van der Waals surface area contributed by atoms with Crippen molar-refractivity contribution in [1.29, 1.82) is 0 Å². The van der Waals surface area contributed by atoms with Crippen LogP contribution in [-0.2, 0) is 0 Å². The van der Waals surface area contributed by atoms with Crippen molar-refractivity contribution in [3.05, 3.63) is 28.4 Å². The second-order valence-electron chi connectivity index (χ2n) is 1.71. The van der Waals surface area contributed by atoms with Gasteiger partial charge in [-0.1, -0.05) is 11.3 Å². The van der Waals surface area contributed by atoms with E-state index in [-0.39, 0.29) is 18.4 Å². The summed E-state index contributed by atoms with van der Waals surface area (Å²) in [5.74, 6) is 0. The van der Waals surface area contributed by atoms with Crippen molar-refractivity contribution >= 4 is 27.3 Å². The summed E-state index contributed by atoms with van der Waals surface area (Å²) in [7, 11) is 0. The zero-order valence-corrected chi connectivity index (χ0v) is 7.61. The predicted molar refractivity (Wildman–Crippen MR) is 46.9 cm³/mol. The third-order valence-electron chi connectivity index (χ3n) is 1.01. The second kappa shape index (κ2) is 2.75. The number of hydrogen-bond acceptors (Lipinski definition) is 3. The van der Waals surface area contributed by atoms with Gasteiger partial charge in [0.05, 0.1) is 14.1 Å². The van der Waals surface area contributed by atoms with Crippen molar-refractivity contribution < 1.29 is 4.11 Å². The van der Waals surface area contributed by atoms with E-state index in [0.29, 0.717) is 5.13 Å². The minimum absolute atomic E-state index is 0.114. The topological polar surface area (TPSA) is 30.7 Å². The molecule has 0 aliphatic carbocycles. The van der Waals surface area contributed by atoms with Crippen molar-refractivity contribution in [1.82, 2.24) is 14.8 Å². The molecule has 0 aliphatic rings. The summed E-state index contributed by atoms with van der Waals surface area (Å²) in [4.78, 5) is 3.99. The van der Waals surface area contributed by atoms with E-state index in [1.807, 2.05) is 0 Å². The van der Waals surface area contributed by atoms with Crippen LogP contribution in [0.15, 0.2) is 28.4 Å². The van der Waals surface area contributed by atoms with Gasteiger partial charge in [-0.15, -0.1) is 0 Å². The van der Waals surface area contributed by atoms with Crippen LogP contribution in [0.3, 0.4) is 0 Å². The number of aromatic nitrogens is 3. The highest BCUT2D eigenvalue weighted by Gasteiger charge is 1.99. The maximum atomic E-state index is 7.51. The number of thiazole rings is 1. The normalized spacial score (nSPS) is 14.1. The Morgan fingerprint density at radius 1 is 1.73 bits per heavy atom. The molecule has 0 bridgehead atoms. The predicted octanol–water partition coefficient (Wildman–Crippen LogP) is 2.09. The lowest BCUT2D eigenvalue weighted by molar-refractivity contribution is 0.869. The van der Waals surface area contributed by atoms with Crippen molar-refractivity contribution in [2.24, 2.45) is 0 Å². The van der Waals surface area contributed by atoms with E-state index in [9.17, 15) is 0 Å². The molecule has 0 radical (unpaired) electrons. The van der Waals surface area contributed by atoms with Gasteiger partial charge in [0.1, 0.15) is 0 Å². The smallest absolute Gasteiger partial charge is 0.211 e. The van der Waals surface area contributed by atoms with Crippen molar-refractivity contribution in [2.45, 2.75) is 0 Å². The average molecular weight is 233 g/mol. The van der Waals surface area contributed by atoms with Gasteiger partial charge >= 0.3 is 0 Å². The van der Waals surface area contributed by atoms with Gasteiger partial charge in [-0.3, -0.25) is 0 Å². The number of nitrogens with zero attached hydrogens (tertiary/aromatic N) is 3. The molecule has 0 aliphatic heterocycles. The van der Waals surface area contributed by atoms with E-state index >= 15 is 0 Å². The van der Waals surface area contributed by atoms with Gasteiger partial charge < -0.3 is 0 Å². The summed E-state index contributed by atoms with van der Waals surface area (Å²) in [6.07, 6.45) is 1.27. The Hall–Kier alpha value is -0.680. The lowest BCUT2D eigenvalue weighted by atomic mass is 10.8. The van der Waals surface area contributed by atoms with E-state index < -0.39 is 0 Å². The first-order valence-corrected chi connectivity index (χ1v) is 4.35. The van der Waals surface area contributed by atoms with Gasteiger partial charge in [0.25, 0.3) is 0 Å². The number of hydrogen-bond donors (Lipinski definition) is 0. The quantitative estimate of drug-likeness (QED) is 0.755. The summed E-state index contributed by atoms with van der Waals surface area (Å²) < 4.78 is 24.1. The maximum absolute atomic E-state index is 7.51. The fourth-order valence-electron chi connectivity index (χ4n) is 0.612. The minimum atomic E-state index is -0.207. The molecule has 0 saturated heterocycles. The summed E-state index contributed by atoms with van der Waals surface area (Å²) in [6.45, 7) is 0. The molecular formula is C6H4BrN3S. The third kappa shape index (κ3) is 1.34. The number of rotatable bonds is 1. The Kier molecular flexibility index (Phi) is 1.09. The zero-order chi connectivity index (χ0) is 10.3. The third-order valence-corrected chi connectivity index (χ3v) is 2.47. The van der Waals surface area contributed by atoms with Crippen LogP contribution in [0, 0.1) is 0 Å². The fraction of sp³-hybridized carbons (Fsp3) is 0. The Morgan fingerprint density at radius 3 is 3.18 bits per heavy atom. The summed E-state index contributed by atoms with van der Waals surface area (Å²) in [6, 6.07) is -0.184. The van der Waals surface area contributed by atoms with Crippen LogP contribution < -0.4 is 0 Å². The van der Waals surface area contributed by atoms with Crippen LogP contribution in [0.5, 0.6) is 0 Å². The standard InChI is InChI=1S/C6H4BrN3S/c7-5-4-8-6(11-5)10-3-1-2-9-10/h1-4H/i1D,2D,3D. The molecule has 2 heterocycles. The molecule has 0 spiro atoms. The summed E-state index contributed by atoms with van der Waals surface area (Å²) in [5, 5.41) is 4.21. The van der Waals surface area contributed by atoms with Gasteiger partial charge in [-0.25, -0.2) is 9.67 Å². The first-order chi connectivity index (χ1) is 6.59. The molecule has 0 atom stereocenters. The summed E-state index contributed by atoms with van der Waals surface area (Å²) >= 11 is 4.54. The molecule has 0 fully saturated rings. The molecule has 0 unspecified atom stereocenters. The Morgan fingerprint density at radius 2 is 2.64 bits per heavy atom. The molecule has 2 rings (SSSR count). The minimum Gasteiger partial charge on any atom is -0.226 e. The molecule has 3 nitrogen and oxygen atoms in total. The molecule has 0 saturated carbocycles. The second-order valence-corrected chi connectivity index (χ2v) is 4.10. The van der Waals surface area contributed by atoms with Crippen LogP contribution >= 0.6 is 27.3 Å². The molecule has 0 N–H and O–H groups in total. The molecular weight excluding hydrogens is 226 g/mol.